The number of sulfone groups is 1. The van der Waals surface area contributed by atoms with Crippen molar-refractivity contribution in [3.63, 3.8) is 0 Å². The van der Waals surface area contributed by atoms with Gasteiger partial charge in [-0.1, -0.05) is 39.7 Å². The number of hydrogen-bond donors (Lipinski definition) is 1. The van der Waals surface area contributed by atoms with Gasteiger partial charge in [0.05, 0.1) is 4.90 Å². The normalized spacial score (nSPS) is 13.3. The molecule has 5 heteroatoms. The lowest BCUT2D eigenvalue weighted by Gasteiger charge is -2.12. The average molecular weight is 318 g/mol. The van der Waals surface area contributed by atoms with Crippen LogP contribution in [0.15, 0.2) is 41.8 Å². The predicted octanol–water partition coefficient (Wildman–Crippen LogP) is 2.27. The minimum absolute atomic E-state index is 0.338. The summed E-state index contributed by atoms with van der Waals surface area (Å²) < 4.78 is 23.6. The van der Waals surface area contributed by atoms with Crippen LogP contribution in [0.25, 0.3) is 0 Å². The maximum absolute atomic E-state index is 12.1. The summed E-state index contributed by atoms with van der Waals surface area (Å²) in [7, 11) is -3.32. The van der Waals surface area contributed by atoms with Crippen molar-refractivity contribution in [2.75, 3.05) is 13.1 Å². The summed E-state index contributed by atoms with van der Waals surface area (Å²) in [4.78, 5) is 0.338. The van der Waals surface area contributed by atoms with Gasteiger partial charge in [0, 0.05) is 13.1 Å². The standard InChI is InChI=1S/C12H16BrNO2S/c1-3-8-14-9-12(13)17(15,16)11-6-4-10(2)5-7-11/h3-7,12,14H,1,8-9H2,2H3. The van der Waals surface area contributed by atoms with E-state index in [-0.39, 0.29) is 0 Å². The first-order valence-electron chi connectivity index (χ1n) is 5.24. The van der Waals surface area contributed by atoms with Gasteiger partial charge in [-0.3, -0.25) is 0 Å². The van der Waals surface area contributed by atoms with Crippen molar-refractivity contribution in [2.45, 2.75) is 16.0 Å². The van der Waals surface area contributed by atoms with Crippen LogP contribution in [-0.4, -0.2) is 25.7 Å². The third-order valence-corrected chi connectivity index (χ3v) is 5.85. The maximum Gasteiger partial charge on any atom is 0.192 e. The third kappa shape index (κ3) is 3.94. The smallest absolute Gasteiger partial charge is 0.192 e. The van der Waals surface area contributed by atoms with Crippen LogP contribution in [0.3, 0.4) is 0 Å². The quantitative estimate of drug-likeness (QED) is 0.497. The van der Waals surface area contributed by atoms with Gasteiger partial charge in [-0.25, -0.2) is 8.42 Å². The van der Waals surface area contributed by atoms with Crippen molar-refractivity contribution >= 4 is 25.8 Å². The first-order chi connectivity index (χ1) is 7.98. The lowest BCUT2D eigenvalue weighted by Crippen LogP contribution is -2.29. The van der Waals surface area contributed by atoms with Gasteiger partial charge in [0.15, 0.2) is 9.84 Å². The molecule has 1 rings (SSSR count). The fourth-order valence-corrected chi connectivity index (χ4v) is 3.31. The van der Waals surface area contributed by atoms with Crippen molar-refractivity contribution in [3.8, 4) is 0 Å². The summed E-state index contributed by atoms with van der Waals surface area (Å²) in [6, 6.07) is 6.85. The largest absolute Gasteiger partial charge is 0.311 e. The molecule has 0 aromatic heterocycles. The molecule has 1 unspecified atom stereocenters. The molecule has 0 fully saturated rings. The molecule has 94 valence electrons. The highest BCUT2D eigenvalue weighted by Crippen LogP contribution is 2.20. The molecule has 0 heterocycles. The highest BCUT2D eigenvalue weighted by Gasteiger charge is 2.24. The van der Waals surface area contributed by atoms with Gasteiger partial charge in [-0.15, -0.1) is 6.58 Å². The highest BCUT2D eigenvalue weighted by molar-refractivity contribution is 9.11. The van der Waals surface area contributed by atoms with Gasteiger partial charge in [-0.05, 0) is 19.1 Å². The number of alkyl halides is 1. The fraction of sp³-hybridized carbons (Fsp3) is 0.333. The van der Waals surface area contributed by atoms with Gasteiger partial charge in [0.25, 0.3) is 0 Å². The summed E-state index contributed by atoms with van der Waals surface area (Å²) in [5.74, 6) is 0. The fourth-order valence-electron chi connectivity index (χ4n) is 1.28. The Balaban J connectivity index is 2.80. The first kappa shape index (κ1) is 14.4. The molecule has 1 aromatic carbocycles. The van der Waals surface area contributed by atoms with E-state index in [4.69, 9.17) is 0 Å². The van der Waals surface area contributed by atoms with E-state index in [1.165, 1.54) is 0 Å². The van der Waals surface area contributed by atoms with Crippen molar-refractivity contribution in [3.05, 3.63) is 42.5 Å². The van der Waals surface area contributed by atoms with Gasteiger partial charge < -0.3 is 5.32 Å². The zero-order chi connectivity index (χ0) is 12.9. The SMILES string of the molecule is C=CCNCC(Br)S(=O)(=O)c1ccc(C)cc1. The highest BCUT2D eigenvalue weighted by atomic mass is 79.9. The molecule has 1 N–H and O–H groups in total. The summed E-state index contributed by atoms with van der Waals surface area (Å²) in [6.07, 6.45) is 1.69. The summed E-state index contributed by atoms with van der Waals surface area (Å²) in [5, 5.41) is 2.98. The third-order valence-electron chi connectivity index (χ3n) is 2.28. The van der Waals surface area contributed by atoms with E-state index >= 15 is 0 Å². The number of rotatable bonds is 6. The van der Waals surface area contributed by atoms with E-state index in [2.05, 4.69) is 27.8 Å². The van der Waals surface area contributed by atoms with Gasteiger partial charge >= 0.3 is 0 Å². The van der Waals surface area contributed by atoms with Gasteiger partial charge in [-0.2, -0.15) is 0 Å². The topological polar surface area (TPSA) is 46.2 Å². The van der Waals surface area contributed by atoms with E-state index in [1.807, 2.05) is 6.92 Å². The molecule has 0 spiro atoms. The monoisotopic (exact) mass is 317 g/mol. The molecule has 1 aromatic rings. The van der Waals surface area contributed by atoms with E-state index in [1.54, 1.807) is 30.3 Å². The second-order valence-electron chi connectivity index (χ2n) is 3.72. The molecular formula is C12H16BrNO2S. The molecule has 17 heavy (non-hydrogen) atoms. The van der Waals surface area contributed by atoms with Crippen LogP contribution in [0.5, 0.6) is 0 Å². The van der Waals surface area contributed by atoms with Gasteiger partial charge in [0.2, 0.25) is 0 Å². The Morgan fingerprint density at radius 2 is 2.00 bits per heavy atom. The van der Waals surface area contributed by atoms with E-state index in [0.29, 0.717) is 18.0 Å². The molecule has 1 atom stereocenters. The second kappa shape index (κ2) is 6.33. The number of nitrogens with one attached hydrogen (secondary N) is 1. The summed E-state index contributed by atoms with van der Waals surface area (Å²) in [5.41, 5.74) is 1.04. The molecule has 0 aliphatic carbocycles. The van der Waals surface area contributed by atoms with Crippen LogP contribution in [0.4, 0.5) is 0 Å². The number of benzene rings is 1. The molecule has 0 radical (unpaired) electrons. The van der Waals surface area contributed by atoms with E-state index < -0.39 is 14.0 Å². The first-order valence-corrected chi connectivity index (χ1v) is 7.71. The zero-order valence-electron chi connectivity index (χ0n) is 9.69. The predicted molar refractivity (Wildman–Crippen MR) is 74.1 cm³/mol. The maximum atomic E-state index is 12.1. The van der Waals surface area contributed by atoms with Gasteiger partial charge in [0.1, 0.15) is 4.16 Å². The molecule has 0 amide bonds. The summed E-state index contributed by atoms with van der Waals surface area (Å²) >= 11 is 3.20. The average Bonchev–Trinajstić information content (AvgIpc) is 2.29. The molecule has 0 aliphatic heterocycles. The minimum Gasteiger partial charge on any atom is -0.311 e. The number of halogens is 1. The molecule has 0 aliphatic rings. The van der Waals surface area contributed by atoms with Crippen LogP contribution >= 0.6 is 15.9 Å². The zero-order valence-corrected chi connectivity index (χ0v) is 12.1. The molecule has 0 saturated carbocycles. The lowest BCUT2D eigenvalue weighted by atomic mass is 10.2. The van der Waals surface area contributed by atoms with Crippen molar-refractivity contribution in [1.29, 1.82) is 0 Å². The van der Waals surface area contributed by atoms with Crippen LogP contribution in [-0.2, 0) is 9.84 Å². The lowest BCUT2D eigenvalue weighted by molar-refractivity contribution is 0.590. The van der Waals surface area contributed by atoms with Crippen LogP contribution in [0.1, 0.15) is 5.56 Å². The van der Waals surface area contributed by atoms with Crippen LogP contribution < -0.4 is 5.32 Å². The Kier molecular flexibility index (Phi) is 5.36. The van der Waals surface area contributed by atoms with E-state index in [0.717, 1.165) is 5.56 Å². The Labute approximate surface area is 111 Å². The minimum atomic E-state index is -3.32. The van der Waals surface area contributed by atoms with Crippen LogP contribution in [0.2, 0.25) is 0 Å². The number of aryl methyl sites for hydroxylation is 1. The molecule has 3 nitrogen and oxygen atoms in total. The Morgan fingerprint density at radius 3 is 2.53 bits per heavy atom. The molecular weight excluding hydrogens is 302 g/mol. The second-order valence-corrected chi connectivity index (χ2v) is 7.56. The van der Waals surface area contributed by atoms with E-state index in [9.17, 15) is 8.42 Å². The van der Waals surface area contributed by atoms with Crippen molar-refractivity contribution < 1.29 is 8.42 Å². The molecule has 0 bridgehead atoms. The van der Waals surface area contributed by atoms with Crippen molar-refractivity contribution in [1.82, 2.24) is 5.32 Å². The van der Waals surface area contributed by atoms with Crippen LogP contribution in [0, 0.1) is 6.92 Å². The summed E-state index contributed by atoms with van der Waals surface area (Å²) in [6.45, 7) is 6.42. The Bertz CT molecular complexity index is 468. The Hall–Kier alpha value is -0.650. The Morgan fingerprint density at radius 1 is 1.41 bits per heavy atom. The number of hydrogen-bond acceptors (Lipinski definition) is 3. The van der Waals surface area contributed by atoms with Crippen molar-refractivity contribution in [2.24, 2.45) is 0 Å². The molecule has 0 saturated heterocycles.